The predicted molar refractivity (Wildman–Crippen MR) is 71.4 cm³/mol. The molecule has 6 heteroatoms. The van der Waals surface area contributed by atoms with Crippen molar-refractivity contribution >= 4 is 17.4 Å². The van der Waals surface area contributed by atoms with Gasteiger partial charge in [0.25, 0.3) is 0 Å². The lowest BCUT2D eigenvalue weighted by Crippen LogP contribution is -2.49. The first kappa shape index (κ1) is 10.4. The van der Waals surface area contributed by atoms with Crippen LogP contribution in [0.1, 0.15) is 12.8 Å². The fraction of sp³-hybridized carbons (Fsp3) is 0.417. The van der Waals surface area contributed by atoms with Crippen LogP contribution < -0.4 is 5.32 Å². The maximum atomic E-state index is 4.21. The van der Waals surface area contributed by atoms with E-state index < -0.39 is 0 Å². The topological polar surface area (TPSA) is 55.6 Å². The van der Waals surface area contributed by atoms with Gasteiger partial charge in [0.1, 0.15) is 5.66 Å². The molecule has 1 unspecified atom stereocenters. The normalized spacial score (nSPS) is 25.3. The highest BCUT2D eigenvalue weighted by atomic mass is 32.2. The van der Waals surface area contributed by atoms with Crippen molar-refractivity contribution in [1.29, 1.82) is 0 Å². The zero-order chi connectivity index (χ0) is 12.0. The molecule has 5 nitrogen and oxygen atoms in total. The second-order valence-electron chi connectivity index (χ2n) is 4.77. The van der Waals surface area contributed by atoms with E-state index in [1.807, 2.05) is 22.5 Å². The fourth-order valence-electron chi connectivity index (χ4n) is 2.78. The number of nitrogens with zero attached hydrogens (tertiary/aromatic N) is 4. The average molecular weight is 259 g/mol. The lowest BCUT2D eigenvalue weighted by atomic mass is 10.00. The summed E-state index contributed by atoms with van der Waals surface area (Å²) in [7, 11) is 0. The van der Waals surface area contributed by atoms with E-state index in [9.17, 15) is 0 Å². The van der Waals surface area contributed by atoms with Gasteiger partial charge in [-0.2, -0.15) is 16.4 Å². The minimum Gasteiger partial charge on any atom is -0.360 e. The van der Waals surface area contributed by atoms with Crippen LogP contribution in [0.5, 0.6) is 0 Å². The highest BCUT2D eigenvalue weighted by molar-refractivity contribution is 7.99. The van der Waals surface area contributed by atoms with E-state index in [0.717, 1.165) is 29.2 Å². The summed E-state index contributed by atoms with van der Waals surface area (Å²) < 4.78 is 1.97. The number of aromatic nitrogens is 4. The summed E-state index contributed by atoms with van der Waals surface area (Å²) in [5.41, 5.74) is 2.09. The van der Waals surface area contributed by atoms with Crippen molar-refractivity contribution in [2.24, 2.45) is 0 Å². The molecule has 1 fully saturated rings. The van der Waals surface area contributed by atoms with Gasteiger partial charge in [0.2, 0.25) is 0 Å². The minimum atomic E-state index is -0.143. The Balaban J connectivity index is 1.92. The molecule has 3 heterocycles. The van der Waals surface area contributed by atoms with Crippen molar-refractivity contribution in [1.82, 2.24) is 20.2 Å². The Morgan fingerprint density at radius 2 is 2.28 bits per heavy atom. The first-order valence-corrected chi connectivity index (χ1v) is 7.29. The predicted octanol–water partition coefficient (Wildman–Crippen LogP) is 1.95. The second kappa shape index (κ2) is 3.71. The third kappa shape index (κ3) is 1.32. The third-order valence-electron chi connectivity index (χ3n) is 3.63. The molecule has 18 heavy (non-hydrogen) atoms. The Kier molecular flexibility index (Phi) is 2.14. The van der Waals surface area contributed by atoms with Crippen LogP contribution in [-0.4, -0.2) is 31.7 Å². The van der Waals surface area contributed by atoms with E-state index in [1.54, 1.807) is 0 Å². The van der Waals surface area contributed by atoms with Gasteiger partial charge in [0.15, 0.2) is 5.82 Å². The SMILES string of the molecule is c1ccc2c(c1)NC1(CCCSC1)n1nnnc1-2. The van der Waals surface area contributed by atoms with Gasteiger partial charge in [0, 0.05) is 17.0 Å². The van der Waals surface area contributed by atoms with Crippen molar-refractivity contribution in [3.8, 4) is 11.4 Å². The van der Waals surface area contributed by atoms with E-state index in [2.05, 4.69) is 39.0 Å². The minimum absolute atomic E-state index is 0.143. The van der Waals surface area contributed by atoms with Crippen LogP contribution in [0, 0.1) is 0 Å². The number of fused-ring (bicyclic) bond motifs is 4. The highest BCUT2D eigenvalue weighted by Gasteiger charge is 2.41. The van der Waals surface area contributed by atoms with Gasteiger partial charge in [-0.15, -0.1) is 5.10 Å². The van der Waals surface area contributed by atoms with Gasteiger partial charge < -0.3 is 5.32 Å². The Labute approximate surface area is 109 Å². The van der Waals surface area contributed by atoms with E-state index in [-0.39, 0.29) is 5.66 Å². The molecule has 2 aliphatic heterocycles. The van der Waals surface area contributed by atoms with Crippen molar-refractivity contribution in [2.75, 3.05) is 16.8 Å². The van der Waals surface area contributed by atoms with Crippen molar-refractivity contribution in [3.05, 3.63) is 24.3 Å². The maximum Gasteiger partial charge on any atom is 0.186 e. The lowest BCUT2D eigenvalue weighted by Gasteiger charge is -2.41. The molecule has 1 aromatic heterocycles. The zero-order valence-corrected chi connectivity index (χ0v) is 10.7. The number of anilines is 1. The number of hydrogen-bond donors (Lipinski definition) is 1. The van der Waals surface area contributed by atoms with Crippen LogP contribution in [-0.2, 0) is 5.66 Å². The summed E-state index contributed by atoms with van der Waals surface area (Å²) in [4.78, 5) is 0. The molecule has 1 N–H and O–H groups in total. The Hall–Kier alpha value is -1.56. The zero-order valence-electron chi connectivity index (χ0n) is 9.83. The molecule has 0 bridgehead atoms. The van der Waals surface area contributed by atoms with E-state index in [1.165, 1.54) is 12.2 Å². The number of para-hydroxylation sites is 1. The Bertz CT molecular complexity index is 588. The van der Waals surface area contributed by atoms with Crippen molar-refractivity contribution in [3.63, 3.8) is 0 Å². The summed E-state index contributed by atoms with van der Waals surface area (Å²) in [5.74, 6) is 3.12. The first-order valence-electron chi connectivity index (χ1n) is 6.13. The molecular weight excluding hydrogens is 246 g/mol. The van der Waals surface area contributed by atoms with E-state index in [0.29, 0.717) is 0 Å². The van der Waals surface area contributed by atoms with Crippen molar-refractivity contribution < 1.29 is 0 Å². The summed E-state index contributed by atoms with van der Waals surface area (Å²) in [6.45, 7) is 0. The summed E-state index contributed by atoms with van der Waals surface area (Å²) in [6.07, 6.45) is 2.27. The number of thioether (sulfide) groups is 1. The molecule has 92 valence electrons. The number of benzene rings is 1. The van der Waals surface area contributed by atoms with E-state index in [4.69, 9.17) is 0 Å². The number of rotatable bonds is 0. The molecule has 0 amide bonds. The van der Waals surface area contributed by atoms with E-state index >= 15 is 0 Å². The molecule has 0 radical (unpaired) electrons. The second-order valence-corrected chi connectivity index (χ2v) is 5.88. The van der Waals surface area contributed by atoms with Gasteiger partial charge >= 0.3 is 0 Å². The third-order valence-corrected chi connectivity index (χ3v) is 4.89. The monoisotopic (exact) mass is 259 g/mol. The largest absolute Gasteiger partial charge is 0.360 e. The fourth-order valence-corrected chi connectivity index (χ4v) is 3.95. The molecule has 1 saturated heterocycles. The summed E-state index contributed by atoms with van der Waals surface area (Å²) in [5, 5.41) is 15.9. The molecule has 0 aliphatic carbocycles. The summed E-state index contributed by atoms with van der Waals surface area (Å²) >= 11 is 1.96. The van der Waals surface area contributed by atoms with Gasteiger partial charge in [-0.1, -0.05) is 12.1 Å². The van der Waals surface area contributed by atoms with Gasteiger partial charge in [-0.25, -0.2) is 0 Å². The molecule has 1 aromatic carbocycles. The summed E-state index contributed by atoms with van der Waals surface area (Å²) in [6, 6.07) is 8.24. The molecule has 0 saturated carbocycles. The number of nitrogens with one attached hydrogen (secondary N) is 1. The van der Waals surface area contributed by atoms with Gasteiger partial charge in [-0.05, 0) is 41.2 Å². The molecule has 2 aromatic rings. The van der Waals surface area contributed by atoms with Crippen LogP contribution in [0.15, 0.2) is 24.3 Å². The molecular formula is C12H13N5S. The smallest absolute Gasteiger partial charge is 0.186 e. The Morgan fingerprint density at radius 1 is 1.33 bits per heavy atom. The van der Waals surface area contributed by atoms with Crippen LogP contribution in [0.3, 0.4) is 0 Å². The highest BCUT2D eigenvalue weighted by Crippen LogP contribution is 2.42. The lowest BCUT2D eigenvalue weighted by molar-refractivity contribution is 0.300. The number of hydrogen-bond acceptors (Lipinski definition) is 5. The maximum absolute atomic E-state index is 4.21. The van der Waals surface area contributed by atoms with Crippen LogP contribution >= 0.6 is 11.8 Å². The van der Waals surface area contributed by atoms with Crippen LogP contribution in [0.4, 0.5) is 5.69 Å². The quantitative estimate of drug-likeness (QED) is 0.783. The number of tetrazole rings is 1. The first-order chi connectivity index (χ1) is 8.89. The molecule has 1 spiro atoms. The Morgan fingerprint density at radius 3 is 3.17 bits per heavy atom. The van der Waals surface area contributed by atoms with Crippen LogP contribution in [0.2, 0.25) is 0 Å². The molecule has 4 rings (SSSR count). The van der Waals surface area contributed by atoms with Crippen molar-refractivity contribution in [2.45, 2.75) is 18.5 Å². The standard InChI is InChI=1S/C12H13N5S/c1-2-5-10-9(4-1)11-14-15-16-17(11)12(13-10)6-3-7-18-8-12/h1-2,4-5,13H,3,6-8H2. The molecule has 1 atom stereocenters. The van der Waals surface area contributed by atoms with Gasteiger partial charge in [0.05, 0.1) is 0 Å². The molecule has 2 aliphatic rings. The van der Waals surface area contributed by atoms with Crippen LogP contribution in [0.25, 0.3) is 11.4 Å². The average Bonchev–Trinajstić information content (AvgIpc) is 2.90. The van der Waals surface area contributed by atoms with Gasteiger partial charge in [-0.3, -0.25) is 0 Å².